The normalized spacial score (nSPS) is 19.7. The first-order valence-corrected chi connectivity index (χ1v) is 10.2. The van der Waals surface area contributed by atoms with Gasteiger partial charge < -0.3 is 0 Å². The number of nitrogens with zero attached hydrogens (tertiary/aromatic N) is 1. The summed E-state index contributed by atoms with van der Waals surface area (Å²) in [6.07, 6.45) is 1.88. The van der Waals surface area contributed by atoms with Gasteiger partial charge in [-0.15, -0.1) is 11.3 Å². The predicted molar refractivity (Wildman–Crippen MR) is 76.0 cm³/mol. The van der Waals surface area contributed by atoms with Crippen LogP contribution < -0.4 is 0 Å². The van der Waals surface area contributed by atoms with Crippen molar-refractivity contribution in [2.45, 2.75) is 22.3 Å². The van der Waals surface area contributed by atoms with Crippen molar-refractivity contribution in [1.29, 1.82) is 0 Å². The van der Waals surface area contributed by atoms with E-state index in [4.69, 9.17) is 11.6 Å². The van der Waals surface area contributed by atoms with Crippen LogP contribution in [0.25, 0.3) is 0 Å². The Hall–Kier alpha value is -0.150. The molecule has 5 nitrogen and oxygen atoms in total. The summed E-state index contributed by atoms with van der Waals surface area (Å²) >= 11 is 6.76. The molecule has 0 amide bonds. The molecule has 1 aliphatic rings. The minimum atomic E-state index is -3.54. The lowest BCUT2D eigenvalue weighted by Gasteiger charge is -2.29. The van der Waals surface area contributed by atoms with Crippen LogP contribution in [-0.2, 0) is 19.9 Å². The Balaban J connectivity index is 2.14. The van der Waals surface area contributed by atoms with Gasteiger partial charge in [-0.25, -0.2) is 16.8 Å². The zero-order valence-corrected chi connectivity index (χ0v) is 13.4. The molecule has 0 aliphatic carbocycles. The second-order valence-corrected chi connectivity index (χ2v) is 10.7. The van der Waals surface area contributed by atoms with E-state index < -0.39 is 25.1 Å². The zero-order chi connectivity index (χ0) is 14.3. The van der Waals surface area contributed by atoms with Crippen LogP contribution in [0, 0.1) is 0 Å². The number of hydrogen-bond acceptors (Lipinski definition) is 5. The monoisotopic (exact) mass is 343 g/mol. The van der Waals surface area contributed by atoms with E-state index in [0.717, 1.165) is 11.3 Å². The van der Waals surface area contributed by atoms with Gasteiger partial charge in [-0.3, -0.25) is 0 Å². The van der Waals surface area contributed by atoms with Crippen molar-refractivity contribution in [1.82, 2.24) is 4.31 Å². The minimum Gasteiger partial charge on any atom is -0.229 e. The highest BCUT2D eigenvalue weighted by molar-refractivity contribution is 7.91. The average molecular weight is 344 g/mol. The fourth-order valence-corrected chi connectivity index (χ4v) is 6.24. The molecule has 2 rings (SSSR count). The van der Waals surface area contributed by atoms with Gasteiger partial charge in [-0.05, 0) is 25.0 Å². The number of sulfonamides is 1. The lowest BCUT2D eigenvalue weighted by molar-refractivity contribution is 0.347. The Kier molecular flexibility index (Phi) is 4.27. The summed E-state index contributed by atoms with van der Waals surface area (Å²) in [7, 11) is -6.63. The molecule has 1 aromatic heterocycles. The van der Waals surface area contributed by atoms with Crippen molar-refractivity contribution in [3.05, 3.63) is 16.5 Å². The third-order valence-electron chi connectivity index (χ3n) is 3.15. The van der Waals surface area contributed by atoms with Crippen LogP contribution >= 0.6 is 22.9 Å². The van der Waals surface area contributed by atoms with E-state index in [1.165, 1.54) is 16.6 Å². The molecule has 0 saturated carbocycles. The van der Waals surface area contributed by atoms with Gasteiger partial charge in [0.15, 0.2) is 0 Å². The molecule has 0 unspecified atom stereocenters. The Bertz CT molecular complexity index is 657. The van der Waals surface area contributed by atoms with Gasteiger partial charge in [0.1, 0.15) is 14.0 Å². The standard InChI is InChI=1S/C10H14ClNO4S3/c1-18(13,14)8-4-6-12(7-5-8)19(15,16)10-3-2-9(11)17-10/h2-3,8H,4-7H2,1H3. The van der Waals surface area contributed by atoms with E-state index in [9.17, 15) is 16.8 Å². The minimum absolute atomic E-state index is 0.204. The van der Waals surface area contributed by atoms with Crippen molar-refractivity contribution in [2.24, 2.45) is 0 Å². The van der Waals surface area contributed by atoms with Gasteiger partial charge in [-0.1, -0.05) is 11.6 Å². The molecule has 0 N–H and O–H groups in total. The van der Waals surface area contributed by atoms with Crippen LogP contribution in [0.1, 0.15) is 12.8 Å². The molecule has 0 spiro atoms. The first kappa shape index (κ1) is 15.2. The third-order valence-corrected chi connectivity index (χ3v) is 8.43. The highest BCUT2D eigenvalue weighted by Gasteiger charge is 2.33. The van der Waals surface area contributed by atoms with Crippen LogP contribution in [0.5, 0.6) is 0 Å². The van der Waals surface area contributed by atoms with Crippen molar-refractivity contribution >= 4 is 42.8 Å². The smallest absolute Gasteiger partial charge is 0.229 e. The highest BCUT2D eigenvalue weighted by atomic mass is 35.5. The van der Waals surface area contributed by atoms with Crippen LogP contribution in [0.2, 0.25) is 4.34 Å². The quantitative estimate of drug-likeness (QED) is 0.835. The molecular weight excluding hydrogens is 330 g/mol. The van der Waals surface area contributed by atoms with E-state index in [1.807, 2.05) is 0 Å². The fraction of sp³-hybridized carbons (Fsp3) is 0.600. The Morgan fingerprint density at radius 2 is 1.79 bits per heavy atom. The third kappa shape index (κ3) is 3.30. The molecule has 9 heteroatoms. The van der Waals surface area contributed by atoms with Crippen LogP contribution in [0.4, 0.5) is 0 Å². The topological polar surface area (TPSA) is 71.5 Å². The van der Waals surface area contributed by atoms with E-state index in [0.29, 0.717) is 17.2 Å². The molecule has 2 heterocycles. The van der Waals surface area contributed by atoms with Crippen molar-refractivity contribution < 1.29 is 16.8 Å². The van der Waals surface area contributed by atoms with Crippen molar-refractivity contribution in [3.8, 4) is 0 Å². The van der Waals surface area contributed by atoms with Gasteiger partial charge in [-0.2, -0.15) is 4.31 Å². The fourth-order valence-electron chi connectivity index (χ4n) is 2.06. The molecule has 0 bridgehead atoms. The van der Waals surface area contributed by atoms with Gasteiger partial charge >= 0.3 is 0 Å². The maximum Gasteiger partial charge on any atom is 0.252 e. The first-order chi connectivity index (χ1) is 8.71. The molecule has 1 aliphatic heterocycles. The SMILES string of the molecule is CS(=O)(=O)C1CCN(S(=O)(=O)c2ccc(Cl)s2)CC1. The summed E-state index contributed by atoms with van der Waals surface area (Å²) in [6.45, 7) is 0.463. The number of rotatable bonds is 3. The van der Waals surface area contributed by atoms with Crippen LogP contribution in [0.3, 0.4) is 0 Å². The van der Waals surface area contributed by atoms with Gasteiger partial charge in [0, 0.05) is 19.3 Å². The molecule has 1 aromatic rings. The van der Waals surface area contributed by atoms with Gasteiger partial charge in [0.2, 0.25) is 0 Å². The predicted octanol–water partition coefficient (Wildman–Crippen LogP) is 1.60. The van der Waals surface area contributed by atoms with Crippen LogP contribution in [-0.4, -0.2) is 45.7 Å². The summed E-state index contributed by atoms with van der Waals surface area (Å²) in [5.74, 6) is 0. The van der Waals surface area contributed by atoms with E-state index >= 15 is 0 Å². The summed E-state index contributed by atoms with van der Waals surface area (Å²) in [5.41, 5.74) is 0. The van der Waals surface area contributed by atoms with E-state index in [2.05, 4.69) is 0 Å². The lowest BCUT2D eigenvalue weighted by atomic mass is 10.2. The highest BCUT2D eigenvalue weighted by Crippen LogP contribution is 2.30. The number of thiophene rings is 1. The first-order valence-electron chi connectivity index (χ1n) is 5.65. The maximum absolute atomic E-state index is 12.3. The summed E-state index contributed by atoms with van der Waals surface area (Å²) in [6, 6.07) is 3.02. The molecule has 1 fully saturated rings. The largest absolute Gasteiger partial charge is 0.252 e. The number of hydrogen-bond donors (Lipinski definition) is 0. The Morgan fingerprint density at radius 3 is 2.21 bits per heavy atom. The molecule has 1 saturated heterocycles. The number of piperidine rings is 1. The molecular formula is C10H14ClNO4S3. The second kappa shape index (κ2) is 5.33. The molecule has 19 heavy (non-hydrogen) atoms. The Labute approximate surface area is 122 Å². The summed E-state index contributed by atoms with van der Waals surface area (Å²) < 4.78 is 49.4. The van der Waals surface area contributed by atoms with Crippen LogP contribution in [0.15, 0.2) is 16.3 Å². The summed E-state index contributed by atoms with van der Waals surface area (Å²) in [4.78, 5) is 0. The average Bonchev–Trinajstić information content (AvgIpc) is 2.76. The van der Waals surface area contributed by atoms with Gasteiger partial charge in [0.05, 0.1) is 9.59 Å². The molecule has 0 atom stereocenters. The van der Waals surface area contributed by atoms with E-state index in [1.54, 1.807) is 6.07 Å². The maximum atomic E-state index is 12.3. The molecule has 0 radical (unpaired) electrons. The Morgan fingerprint density at radius 1 is 1.21 bits per heavy atom. The second-order valence-electron chi connectivity index (χ2n) is 4.49. The summed E-state index contributed by atoms with van der Waals surface area (Å²) in [5, 5.41) is -0.439. The van der Waals surface area contributed by atoms with Crippen molar-refractivity contribution in [2.75, 3.05) is 19.3 Å². The lowest BCUT2D eigenvalue weighted by Crippen LogP contribution is -2.41. The number of halogens is 1. The number of sulfone groups is 1. The van der Waals surface area contributed by atoms with Gasteiger partial charge in [0.25, 0.3) is 10.0 Å². The van der Waals surface area contributed by atoms with E-state index in [-0.39, 0.29) is 17.3 Å². The zero-order valence-electron chi connectivity index (χ0n) is 10.2. The molecule has 108 valence electrons. The molecule has 0 aromatic carbocycles. The van der Waals surface area contributed by atoms with Crippen molar-refractivity contribution in [3.63, 3.8) is 0 Å².